The van der Waals surface area contributed by atoms with Gasteiger partial charge >= 0.3 is 0 Å². The molecule has 2 heterocycles. The highest BCUT2D eigenvalue weighted by Gasteiger charge is 2.35. The molecule has 1 aromatic carbocycles. The first-order valence-corrected chi connectivity index (χ1v) is 7.61. The first kappa shape index (κ1) is 14.3. The lowest BCUT2D eigenvalue weighted by Gasteiger charge is -2.37. The summed E-state index contributed by atoms with van der Waals surface area (Å²) in [6.45, 7) is 2.04. The van der Waals surface area contributed by atoms with Crippen molar-refractivity contribution in [3.8, 4) is 0 Å². The van der Waals surface area contributed by atoms with Crippen LogP contribution in [0.2, 0.25) is 0 Å². The maximum Gasteiger partial charge on any atom is 0.246 e. The largest absolute Gasteiger partial charge is 0.348 e. The second-order valence-corrected chi connectivity index (χ2v) is 5.45. The molecule has 0 aliphatic carbocycles. The van der Waals surface area contributed by atoms with Crippen LogP contribution in [-0.2, 0) is 14.3 Å². The van der Waals surface area contributed by atoms with Gasteiger partial charge in [-0.15, -0.1) is 0 Å². The molecule has 112 valence electrons. The van der Waals surface area contributed by atoms with Gasteiger partial charge < -0.3 is 14.4 Å². The quantitative estimate of drug-likeness (QED) is 0.802. The van der Waals surface area contributed by atoms with E-state index in [0.717, 1.165) is 31.4 Å². The van der Waals surface area contributed by atoms with E-state index in [-0.39, 0.29) is 18.2 Å². The van der Waals surface area contributed by atoms with Gasteiger partial charge in [-0.3, -0.25) is 4.79 Å². The molecular formula is C17H21NO3. The molecule has 0 spiro atoms. The van der Waals surface area contributed by atoms with Crippen molar-refractivity contribution in [3.05, 3.63) is 42.0 Å². The van der Waals surface area contributed by atoms with Crippen LogP contribution < -0.4 is 0 Å². The highest BCUT2D eigenvalue weighted by atomic mass is 16.7. The van der Waals surface area contributed by atoms with E-state index in [9.17, 15) is 4.79 Å². The lowest BCUT2D eigenvalue weighted by Crippen LogP contribution is -2.49. The third-order valence-corrected chi connectivity index (χ3v) is 4.01. The molecule has 0 unspecified atom stereocenters. The van der Waals surface area contributed by atoms with Gasteiger partial charge in [0.15, 0.2) is 6.29 Å². The average molecular weight is 287 g/mol. The minimum absolute atomic E-state index is 0.0441. The zero-order valence-electron chi connectivity index (χ0n) is 12.1. The summed E-state index contributed by atoms with van der Waals surface area (Å²) in [6.07, 6.45) is 6.40. The second kappa shape index (κ2) is 6.87. The summed E-state index contributed by atoms with van der Waals surface area (Å²) in [4.78, 5) is 14.4. The number of nitrogens with zero attached hydrogens (tertiary/aromatic N) is 1. The number of carbonyl (C=O) groups excluding carboxylic acids is 1. The lowest BCUT2D eigenvalue weighted by atomic mass is 10.0. The second-order valence-electron chi connectivity index (χ2n) is 5.45. The minimum atomic E-state index is -0.251. The Labute approximate surface area is 125 Å². The number of rotatable bonds is 3. The number of benzene rings is 1. The topological polar surface area (TPSA) is 38.8 Å². The zero-order chi connectivity index (χ0) is 14.5. The Morgan fingerprint density at radius 3 is 2.67 bits per heavy atom. The molecule has 3 rings (SSSR count). The van der Waals surface area contributed by atoms with Crippen LogP contribution in [0.4, 0.5) is 0 Å². The van der Waals surface area contributed by atoms with Crippen molar-refractivity contribution in [2.75, 3.05) is 19.8 Å². The SMILES string of the molecule is O=C(/C=C/c1ccccc1)N1CCCC[C@H]1C1OCCO1. The number of amides is 1. The molecule has 2 aliphatic heterocycles. The summed E-state index contributed by atoms with van der Waals surface area (Å²) < 4.78 is 11.2. The van der Waals surface area contributed by atoms with E-state index in [0.29, 0.717) is 13.2 Å². The van der Waals surface area contributed by atoms with Gasteiger partial charge in [-0.2, -0.15) is 0 Å². The number of hydrogen-bond acceptors (Lipinski definition) is 3. The van der Waals surface area contributed by atoms with Gasteiger partial charge in [0.1, 0.15) is 0 Å². The van der Waals surface area contributed by atoms with Gasteiger partial charge in [0.05, 0.1) is 19.3 Å². The number of likely N-dealkylation sites (tertiary alicyclic amines) is 1. The van der Waals surface area contributed by atoms with Crippen LogP contribution in [0.3, 0.4) is 0 Å². The Morgan fingerprint density at radius 2 is 1.90 bits per heavy atom. The smallest absolute Gasteiger partial charge is 0.246 e. The molecule has 0 N–H and O–H groups in total. The number of hydrogen-bond donors (Lipinski definition) is 0. The number of ether oxygens (including phenoxy) is 2. The van der Waals surface area contributed by atoms with Crippen LogP contribution in [0.15, 0.2) is 36.4 Å². The van der Waals surface area contributed by atoms with Gasteiger partial charge in [0, 0.05) is 12.6 Å². The normalized spacial score (nSPS) is 23.8. The van der Waals surface area contributed by atoms with Crippen molar-refractivity contribution in [2.45, 2.75) is 31.6 Å². The van der Waals surface area contributed by atoms with Gasteiger partial charge in [-0.25, -0.2) is 0 Å². The van der Waals surface area contributed by atoms with Crippen LogP contribution in [0.25, 0.3) is 6.08 Å². The highest BCUT2D eigenvalue weighted by molar-refractivity contribution is 5.92. The predicted molar refractivity (Wildman–Crippen MR) is 80.5 cm³/mol. The molecule has 2 fully saturated rings. The molecule has 21 heavy (non-hydrogen) atoms. The van der Waals surface area contributed by atoms with E-state index in [2.05, 4.69) is 0 Å². The summed E-state index contributed by atoms with van der Waals surface area (Å²) in [5.41, 5.74) is 1.03. The minimum Gasteiger partial charge on any atom is -0.348 e. The molecule has 0 radical (unpaired) electrons. The molecule has 2 aliphatic rings. The molecular weight excluding hydrogens is 266 g/mol. The summed E-state index contributed by atoms with van der Waals surface area (Å²) >= 11 is 0. The third kappa shape index (κ3) is 3.52. The fourth-order valence-electron chi connectivity index (χ4n) is 2.94. The summed E-state index contributed by atoms with van der Waals surface area (Å²) in [7, 11) is 0. The van der Waals surface area contributed by atoms with Gasteiger partial charge in [0.25, 0.3) is 0 Å². The molecule has 1 aromatic rings. The molecule has 1 atom stereocenters. The van der Waals surface area contributed by atoms with Crippen LogP contribution in [0.5, 0.6) is 0 Å². The number of carbonyl (C=O) groups is 1. The van der Waals surface area contributed by atoms with Crippen molar-refractivity contribution >= 4 is 12.0 Å². The van der Waals surface area contributed by atoms with E-state index in [4.69, 9.17) is 9.47 Å². The summed E-state index contributed by atoms with van der Waals surface area (Å²) in [5.74, 6) is 0.0441. The molecule has 0 bridgehead atoms. The molecule has 4 heteroatoms. The Morgan fingerprint density at radius 1 is 1.14 bits per heavy atom. The van der Waals surface area contributed by atoms with Crippen molar-refractivity contribution in [1.29, 1.82) is 0 Å². The monoisotopic (exact) mass is 287 g/mol. The Bertz CT molecular complexity index is 494. The summed E-state index contributed by atoms with van der Waals surface area (Å²) in [5, 5.41) is 0. The molecule has 2 saturated heterocycles. The zero-order valence-corrected chi connectivity index (χ0v) is 12.1. The molecule has 0 aromatic heterocycles. The van der Waals surface area contributed by atoms with Crippen LogP contribution in [0, 0.1) is 0 Å². The molecule has 0 saturated carbocycles. The maximum atomic E-state index is 12.5. The number of piperidine rings is 1. The maximum absolute atomic E-state index is 12.5. The van der Waals surface area contributed by atoms with E-state index in [1.807, 2.05) is 41.3 Å². The lowest BCUT2D eigenvalue weighted by molar-refractivity contribution is -0.145. The van der Waals surface area contributed by atoms with E-state index in [1.54, 1.807) is 6.08 Å². The molecule has 4 nitrogen and oxygen atoms in total. The van der Waals surface area contributed by atoms with E-state index in [1.165, 1.54) is 0 Å². The van der Waals surface area contributed by atoms with Gasteiger partial charge in [-0.05, 0) is 30.9 Å². The first-order chi connectivity index (χ1) is 10.3. The van der Waals surface area contributed by atoms with Crippen molar-refractivity contribution in [2.24, 2.45) is 0 Å². The van der Waals surface area contributed by atoms with Gasteiger partial charge in [-0.1, -0.05) is 30.3 Å². The Hall–Kier alpha value is -1.65. The standard InChI is InChI=1S/C17H21NO3/c19-16(10-9-14-6-2-1-3-7-14)18-11-5-4-8-15(18)17-20-12-13-21-17/h1-3,6-7,9-10,15,17H,4-5,8,11-13H2/b10-9+/t15-/m0/s1. The van der Waals surface area contributed by atoms with Crippen LogP contribution in [0.1, 0.15) is 24.8 Å². The highest BCUT2D eigenvalue weighted by Crippen LogP contribution is 2.24. The third-order valence-electron chi connectivity index (χ3n) is 4.01. The summed E-state index contributed by atoms with van der Waals surface area (Å²) in [6, 6.07) is 9.92. The van der Waals surface area contributed by atoms with Crippen molar-refractivity contribution in [3.63, 3.8) is 0 Å². The van der Waals surface area contributed by atoms with Gasteiger partial charge in [0.2, 0.25) is 5.91 Å². The van der Waals surface area contributed by atoms with E-state index >= 15 is 0 Å². The first-order valence-electron chi connectivity index (χ1n) is 7.61. The average Bonchev–Trinajstić information content (AvgIpc) is 3.08. The Kier molecular flexibility index (Phi) is 4.68. The fourth-order valence-corrected chi connectivity index (χ4v) is 2.94. The molecule has 1 amide bonds. The van der Waals surface area contributed by atoms with Crippen molar-refractivity contribution < 1.29 is 14.3 Å². The van der Waals surface area contributed by atoms with Crippen molar-refractivity contribution in [1.82, 2.24) is 4.90 Å². The predicted octanol–water partition coefficient (Wildman–Crippen LogP) is 2.45. The van der Waals surface area contributed by atoms with Crippen LogP contribution >= 0.6 is 0 Å². The fraction of sp³-hybridized carbons (Fsp3) is 0.471. The van der Waals surface area contributed by atoms with Crippen LogP contribution in [-0.4, -0.2) is 42.9 Å². The Balaban J connectivity index is 1.67. The van der Waals surface area contributed by atoms with E-state index < -0.39 is 0 Å².